The van der Waals surface area contributed by atoms with E-state index in [2.05, 4.69) is 4.90 Å². The third-order valence-electron chi connectivity index (χ3n) is 4.10. The van der Waals surface area contributed by atoms with Crippen LogP contribution in [0, 0.1) is 0 Å². The molecule has 112 valence electrons. The van der Waals surface area contributed by atoms with Crippen LogP contribution in [-0.4, -0.2) is 30.4 Å². The maximum absolute atomic E-state index is 10.6. The molecule has 1 fully saturated rings. The van der Waals surface area contributed by atoms with Crippen LogP contribution in [0.2, 0.25) is 0 Å². The minimum atomic E-state index is -0.155. The van der Waals surface area contributed by atoms with Gasteiger partial charge >= 0.3 is 0 Å². The predicted octanol–water partition coefficient (Wildman–Crippen LogP) is 3.47. The summed E-state index contributed by atoms with van der Waals surface area (Å²) in [5.41, 5.74) is 5.11. The van der Waals surface area contributed by atoms with Crippen molar-refractivity contribution in [3.63, 3.8) is 0 Å². The van der Waals surface area contributed by atoms with E-state index in [0.717, 1.165) is 12.8 Å². The molecule has 1 saturated heterocycles. The molecule has 1 aliphatic rings. The predicted molar refractivity (Wildman–Crippen MR) is 81.0 cm³/mol. The van der Waals surface area contributed by atoms with Crippen LogP contribution in [0.5, 0.6) is 0 Å². The van der Waals surface area contributed by atoms with Gasteiger partial charge in [0.15, 0.2) is 0 Å². The van der Waals surface area contributed by atoms with Crippen LogP contribution >= 0.6 is 0 Å². The summed E-state index contributed by atoms with van der Waals surface area (Å²) in [6.45, 7) is 3.98. The molecule has 0 radical (unpaired) electrons. The zero-order valence-electron chi connectivity index (χ0n) is 12.5. The molecule has 3 nitrogen and oxygen atoms in total. The molecule has 1 aliphatic heterocycles. The van der Waals surface area contributed by atoms with Crippen molar-refractivity contribution in [2.45, 2.75) is 77.0 Å². The Balaban J connectivity index is 1.74. The molecule has 0 unspecified atom stereocenters. The van der Waals surface area contributed by atoms with Crippen LogP contribution in [0.3, 0.4) is 0 Å². The molecule has 19 heavy (non-hydrogen) atoms. The number of primary amides is 1. The van der Waals surface area contributed by atoms with E-state index in [-0.39, 0.29) is 5.91 Å². The van der Waals surface area contributed by atoms with Crippen molar-refractivity contribution in [1.82, 2.24) is 4.90 Å². The van der Waals surface area contributed by atoms with Gasteiger partial charge in [-0.1, -0.05) is 44.9 Å². The Morgan fingerprint density at radius 2 is 1.32 bits per heavy atom. The first kappa shape index (κ1) is 16.5. The van der Waals surface area contributed by atoms with Gasteiger partial charge in [0.1, 0.15) is 0 Å². The number of hydrogen-bond donors (Lipinski definition) is 1. The Kier molecular flexibility index (Phi) is 9.78. The molecule has 2 N–H and O–H groups in total. The second kappa shape index (κ2) is 11.3. The van der Waals surface area contributed by atoms with Gasteiger partial charge in [0, 0.05) is 6.42 Å². The minimum absolute atomic E-state index is 0.155. The van der Waals surface area contributed by atoms with E-state index in [1.165, 1.54) is 77.4 Å². The monoisotopic (exact) mass is 268 g/mol. The van der Waals surface area contributed by atoms with Gasteiger partial charge in [0.25, 0.3) is 0 Å². The van der Waals surface area contributed by atoms with Crippen LogP contribution in [0.25, 0.3) is 0 Å². The second-order valence-electron chi connectivity index (χ2n) is 5.95. The first-order valence-electron chi connectivity index (χ1n) is 8.30. The Morgan fingerprint density at radius 3 is 1.89 bits per heavy atom. The lowest BCUT2D eigenvalue weighted by Gasteiger charge is -2.26. The van der Waals surface area contributed by atoms with E-state index in [1.807, 2.05) is 0 Å². The van der Waals surface area contributed by atoms with Crippen LogP contribution in [0.1, 0.15) is 77.0 Å². The highest BCUT2D eigenvalue weighted by Crippen LogP contribution is 2.12. The number of nitrogens with two attached hydrogens (primary N) is 1. The smallest absolute Gasteiger partial charge is 0.217 e. The molecule has 0 saturated carbocycles. The molecule has 0 aromatic carbocycles. The van der Waals surface area contributed by atoms with Crippen molar-refractivity contribution in [1.29, 1.82) is 0 Å². The summed E-state index contributed by atoms with van der Waals surface area (Å²) >= 11 is 0. The molecular formula is C16H32N2O. The van der Waals surface area contributed by atoms with Crippen molar-refractivity contribution in [2.24, 2.45) is 5.73 Å². The summed E-state index contributed by atoms with van der Waals surface area (Å²) in [4.78, 5) is 13.2. The highest BCUT2D eigenvalue weighted by Gasteiger charge is 2.08. The van der Waals surface area contributed by atoms with Gasteiger partial charge in [-0.15, -0.1) is 0 Å². The van der Waals surface area contributed by atoms with Gasteiger partial charge in [-0.25, -0.2) is 0 Å². The summed E-state index contributed by atoms with van der Waals surface area (Å²) in [7, 11) is 0. The second-order valence-corrected chi connectivity index (χ2v) is 5.95. The van der Waals surface area contributed by atoms with Crippen molar-refractivity contribution >= 4 is 5.91 Å². The Hall–Kier alpha value is -0.570. The Bertz CT molecular complexity index is 225. The largest absolute Gasteiger partial charge is 0.370 e. The van der Waals surface area contributed by atoms with Crippen molar-refractivity contribution < 1.29 is 4.79 Å². The van der Waals surface area contributed by atoms with Crippen molar-refractivity contribution in [2.75, 3.05) is 19.6 Å². The SMILES string of the molecule is NC(=O)CCCCCCCCCCN1CCCCC1. The number of amides is 1. The van der Waals surface area contributed by atoms with Gasteiger partial charge in [-0.3, -0.25) is 4.79 Å². The molecule has 1 rings (SSSR count). The van der Waals surface area contributed by atoms with E-state index in [9.17, 15) is 4.79 Å². The lowest BCUT2D eigenvalue weighted by Crippen LogP contribution is -2.30. The average molecular weight is 268 g/mol. The number of hydrogen-bond acceptors (Lipinski definition) is 2. The van der Waals surface area contributed by atoms with E-state index < -0.39 is 0 Å². The Labute approximate surface area is 118 Å². The third-order valence-corrected chi connectivity index (χ3v) is 4.10. The van der Waals surface area contributed by atoms with E-state index in [1.54, 1.807) is 0 Å². The number of rotatable bonds is 11. The lowest BCUT2D eigenvalue weighted by molar-refractivity contribution is -0.118. The normalized spacial score (nSPS) is 16.6. The Morgan fingerprint density at radius 1 is 0.789 bits per heavy atom. The van der Waals surface area contributed by atoms with Crippen molar-refractivity contribution in [3.05, 3.63) is 0 Å². The summed E-state index contributed by atoms with van der Waals surface area (Å²) in [6.07, 6.45) is 15.0. The zero-order chi connectivity index (χ0) is 13.8. The molecule has 0 spiro atoms. The van der Waals surface area contributed by atoms with E-state index >= 15 is 0 Å². The summed E-state index contributed by atoms with van der Waals surface area (Å²) in [5.74, 6) is -0.155. The average Bonchev–Trinajstić information content (AvgIpc) is 2.42. The maximum atomic E-state index is 10.6. The number of piperidine rings is 1. The van der Waals surface area contributed by atoms with Crippen LogP contribution in [0.4, 0.5) is 0 Å². The molecule has 3 heteroatoms. The third kappa shape index (κ3) is 9.94. The molecule has 0 aromatic heterocycles. The molecule has 1 heterocycles. The molecule has 0 bridgehead atoms. The quantitative estimate of drug-likeness (QED) is 0.583. The first-order chi connectivity index (χ1) is 9.29. The van der Waals surface area contributed by atoms with Gasteiger partial charge in [-0.2, -0.15) is 0 Å². The van der Waals surface area contributed by atoms with Crippen LogP contribution in [0.15, 0.2) is 0 Å². The number of carbonyl (C=O) groups is 1. The first-order valence-corrected chi connectivity index (χ1v) is 8.30. The number of nitrogens with zero attached hydrogens (tertiary/aromatic N) is 1. The van der Waals surface area contributed by atoms with E-state index in [0.29, 0.717) is 6.42 Å². The molecule has 0 atom stereocenters. The number of unbranched alkanes of at least 4 members (excludes halogenated alkanes) is 7. The number of likely N-dealkylation sites (tertiary alicyclic amines) is 1. The highest BCUT2D eigenvalue weighted by atomic mass is 16.1. The van der Waals surface area contributed by atoms with Crippen LogP contribution in [-0.2, 0) is 4.79 Å². The molecule has 0 aromatic rings. The fraction of sp³-hybridized carbons (Fsp3) is 0.938. The highest BCUT2D eigenvalue weighted by molar-refractivity contribution is 5.73. The minimum Gasteiger partial charge on any atom is -0.370 e. The van der Waals surface area contributed by atoms with Gasteiger partial charge in [0.2, 0.25) is 5.91 Å². The standard InChI is InChI=1S/C16H32N2O/c17-16(19)12-8-5-3-1-2-4-6-9-13-18-14-10-7-11-15-18/h1-15H2,(H2,17,19). The summed E-state index contributed by atoms with van der Waals surface area (Å²) < 4.78 is 0. The summed E-state index contributed by atoms with van der Waals surface area (Å²) in [5, 5.41) is 0. The zero-order valence-corrected chi connectivity index (χ0v) is 12.5. The van der Waals surface area contributed by atoms with Gasteiger partial charge in [-0.05, 0) is 45.3 Å². The van der Waals surface area contributed by atoms with E-state index in [4.69, 9.17) is 5.73 Å². The van der Waals surface area contributed by atoms with Crippen LogP contribution < -0.4 is 5.73 Å². The molecule has 1 amide bonds. The topological polar surface area (TPSA) is 46.3 Å². The van der Waals surface area contributed by atoms with Gasteiger partial charge < -0.3 is 10.6 Å². The maximum Gasteiger partial charge on any atom is 0.217 e. The summed E-state index contributed by atoms with van der Waals surface area (Å²) in [6, 6.07) is 0. The fourth-order valence-corrected chi connectivity index (χ4v) is 2.88. The lowest BCUT2D eigenvalue weighted by atomic mass is 10.1. The fourth-order valence-electron chi connectivity index (χ4n) is 2.88. The molecule has 0 aliphatic carbocycles. The van der Waals surface area contributed by atoms with Gasteiger partial charge in [0.05, 0.1) is 0 Å². The number of carbonyl (C=O) groups excluding carboxylic acids is 1. The van der Waals surface area contributed by atoms with Crippen molar-refractivity contribution in [3.8, 4) is 0 Å². The molecular weight excluding hydrogens is 236 g/mol.